The average Bonchev–Trinajstić information content (AvgIpc) is 3.26. The SMILES string of the molecule is CCc1cccc2sc(N(CCN(CC)CC)C(=O)CCCS(=O)(=O)c3ccccc3)nc12. The number of sulfone groups is 1. The van der Waals surface area contributed by atoms with Gasteiger partial charge in [-0.15, -0.1) is 0 Å². The zero-order chi connectivity index (χ0) is 23.8. The molecule has 0 saturated heterocycles. The molecule has 33 heavy (non-hydrogen) atoms. The Morgan fingerprint density at radius 2 is 1.70 bits per heavy atom. The van der Waals surface area contributed by atoms with Gasteiger partial charge in [0, 0.05) is 19.5 Å². The lowest BCUT2D eigenvalue weighted by Crippen LogP contribution is -2.38. The molecule has 0 unspecified atom stereocenters. The smallest absolute Gasteiger partial charge is 0.228 e. The number of hydrogen-bond acceptors (Lipinski definition) is 6. The Hall–Kier alpha value is -2.29. The topological polar surface area (TPSA) is 70.6 Å². The Kier molecular flexibility index (Phi) is 9.00. The maximum atomic E-state index is 13.3. The van der Waals surface area contributed by atoms with Gasteiger partial charge in [-0.3, -0.25) is 9.69 Å². The third kappa shape index (κ3) is 6.40. The molecule has 1 amide bonds. The number of carbonyl (C=O) groups excluding carboxylic acids is 1. The lowest BCUT2D eigenvalue weighted by Gasteiger charge is -2.24. The van der Waals surface area contributed by atoms with E-state index >= 15 is 0 Å². The normalized spacial score (nSPS) is 11.9. The molecule has 2 aromatic carbocycles. The third-order valence-electron chi connectivity index (χ3n) is 5.84. The standard InChI is InChI=1S/C25H33N3O3S2/c1-4-20-12-10-15-22-24(20)26-25(32-22)28(18-17-27(5-2)6-3)23(29)16-11-19-33(30,31)21-13-8-7-9-14-21/h7-10,12-15H,4-6,11,16-19H2,1-3H3. The van der Waals surface area contributed by atoms with Crippen molar-refractivity contribution in [2.75, 3.05) is 36.8 Å². The number of anilines is 1. The highest BCUT2D eigenvalue weighted by Gasteiger charge is 2.22. The Morgan fingerprint density at radius 3 is 2.36 bits per heavy atom. The zero-order valence-corrected chi connectivity index (χ0v) is 21.3. The molecule has 0 saturated carbocycles. The fraction of sp³-hybridized carbons (Fsp3) is 0.440. The van der Waals surface area contributed by atoms with Crippen LogP contribution in [0.2, 0.25) is 0 Å². The van der Waals surface area contributed by atoms with Gasteiger partial charge in [0.25, 0.3) is 0 Å². The van der Waals surface area contributed by atoms with E-state index in [1.165, 1.54) is 16.9 Å². The minimum absolute atomic E-state index is 0.0491. The van der Waals surface area contributed by atoms with Crippen LogP contribution in [-0.4, -0.2) is 56.1 Å². The minimum Gasteiger partial charge on any atom is -0.302 e. The second kappa shape index (κ2) is 11.7. The van der Waals surface area contributed by atoms with E-state index in [2.05, 4.69) is 31.7 Å². The summed E-state index contributed by atoms with van der Waals surface area (Å²) < 4.78 is 26.3. The first-order chi connectivity index (χ1) is 15.9. The molecular weight excluding hydrogens is 454 g/mol. The zero-order valence-electron chi connectivity index (χ0n) is 19.7. The maximum absolute atomic E-state index is 13.3. The Bertz CT molecular complexity index is 1160. The van der Waals surface area contributed by atoms with Crippen LogP contribution in [0.15, 0.2) is 53.4 Å². The van der Waals surface area contributed by atoms with Gasteiger partial charge in [0.05, 0.1) is 20.9 Å². The molecule has 3 aromatic rings. The van der Waals surface area contributed by atoms with Crippen LogP contribution in [0.5, 0.6) is 0 Å². The third-order valence-corrected chi connectivity index (χ3v) is 8.70. The van der Waals surface area contributed by atoms with Crippen molar-refractivity contribution in [3.63, 3.8) is 0 Å². The second-order valence-electron chi connectivity index (χ2n) is 7.92. The molecule has 0 aliphatic heterocycles. The lowest BCUT2D eigenvalue weighted by molar-refractivity contribution is -0.118. The summed E-state index contributed by atoms with van der Waals surface area (Å²) in [7, 11) is -3.40. The molecule has 1 heterocycles. The summed E-state index contributed by atoms with van der Waals surface area (Å²) in [6, 6.07) is 14.5. The van der Waals surface area contributed by atoms with Gasteiger partial charge in [0.2, 0.25) is 5.91 Å². The summed E-state index contributed by atoms with van der Waals surface area (Å²) in [6.07, 6.45) is 1.33. The minimum atomic E-state index is -3.40. The van der Waals surface area contributed by atoms with Gasteiger partial charge in [0.1, 0.15) is 0 Å². The summed E-state index contributed by atoms with van der Waals surface area (Å²) in [5.74, 6) is -0.130. The quantitative estimate of drug-likeness (QED) is 0.367. The molecule has 0 bridgehead atoms. The van der Waals surface area contributed by atoms with Gasteiger partial charge in [-0.2, -0.15) is 0 Å². The number of benzene rings is 2. The highest BCUT2D eigenvalue weighted by Crippen LogP contribution is 2.31. The predicted molar refractivity (Wildman–Crippen MR) is 137 cm³/mol. The van der Waals surface area contributed by atoms with E-state index in [9.17, 15) is 13.2 Å². The first-order valence-corrected chi connectivity index (χ1v) is 14.0. The molecule has 0 spiro atoms. The van der Waals surface area contributed by atoms with E-state index in [1.807, 2.05) is 12.1 Å². The largest absolute Gasteiger partial charge is 0.302 e. The monoisotopic (exact) mass is 487 g/mol. The average molecular weight is 488 g/mol. The van der Waals surface area contributed by atoms with Gasteiger partial charge in [-0.25, -0.2) is 13.4 Å². The molecule has 1 aromatic heterocycles. The number of thiazole rings is 1. The molecule has 6 nitrogen and oxygen atoms in total. The molecule has 8 heteroatoms. The van der Waals surface area contributed by atoms with E-state index in [0.29, 0.717) is 16.6 Å². The fourth-order valence-electron chi connectivity index (χ4n) is 3.80. The predicted octanol–water partition coefficient (Wildman–Crippen LogP) is 4.79. The van der Waals surface area contributed by atoms with E-state index in [0.717, 1.165) is 36.3 Å². The van der Waals surface area contributed by atoms with E-state index < -0.39 is 9.84 Å². The van der Waals surface area contributed by atoms with E-state index in [-0.39, 0.29) is 24.5 Å². The highest BCUT2D eigenvalue weighted by molar-refractivity contribution is 7.91. The van der Waals surface area contributed by atoms with Crippen molar-refractivity contribution in [1.82, 2.24) is 9.88 Å². The van der Waals surface area contributed by atoms with Crippen molar-refractivity contribution in [3.05, 3.63) is 54.1 Å². The molecule has 0 radical (unpaired) electrons. The number of nitrogens with zero attached hydrogens (tertiary/aromatic N) is 3. The van der Waals surface area contributed by atoms with Gasteiger partial charge < -0.3 is 4.90 Å². The van der Waals surface area contributed by atoms with Crippen LogP contribution in [0.4, 0.5) is 5.13 Å². The van der Waals surface area contributed by atoms with Crippen LogP contribution in [0, 0.1) is 0 Å². The number of aryl methyl sites for hydroxylation is 1. The highest BCUT2D eigenvalue weighted by atomic mass is 32.2. The number of amides is 1. The summed E-state index contributed by atoms with van der Waals surface area (Å²) in [5, 5.41) is 0.689. The van der Waals surface area contributed by atoms with Crippen LogP contribution in [0.1, 0.15) is 39.2 Å². The molecule has 0 atom stereocenters. The van der Waals surface area contributed by atoms with Crippen molar-refractivity contribution in [1.29, 1.82) is 0 Å². The Balaban J connectivity index is 1.77. The van der Waals surface area contributed by atoms with Gasteiger partial charge in [0.15, 0.2) is 15.0 Å². The Labute approximate surface area is 201 Å². The first-order valence-electron chi connectivity index (χ1n) is 11.6. The van der Waals surface area contributed by atoms with Crippen LogP contribution >= 0.6 is 11.3 Å². The number of hydrogen-bond donors (Lipinski definition) is 0. The van der Waals surface area contributed by atoms with Crippen LogP contribution in [0.3, 0.4) is 0 Å². The van der Waals surface area contributed by atoms with Crippen molar-refractivity contribution in [2.24, 2.45) is 0 Å². The maximum Gasteiger partial charge on any atom is 0.228 e. The number of para-hydroxylation sites is 1. The van der Waals surface area contributed by atoms with E-state index in [4.69, 9.17) is 4.98 Å². The molecule has 0 aliphatic rings. The van der Waals surface area contributed by atoms with Crippen molar-refractivity contribution >= 4 is 42.4 Å². The van der Waals surface area contributed by atoms with Crippen molar-refractivity contribution in [3.8, 4) is 0 Å². The van der Waals surface area contributed by atoms with E-state index in [1.54, 1.807) is 35.2 Å². The molecule has 0 aliphatic carbocycles. The lowest BCUT2D eigenvalue weighted by atomic mass is 10.1. The number of likely N-dealkylation sites (N-methyl/N-ethyl adjacent to an activating group) is 1. The van der Waals surface area contributed by atoms with Gasteiger partial charge in [-0.05, 0) is 49.7 Å². The molecule has 0 fully saturated rings. The number of aromatic nitrogens is 1. The Morgan fingerprint density at radius 1 is 0.970 bits per heavy atom. The number of rotatable bonds is 12. The molecule has 178 valence electrons. The van der Waals surface area contributed by atoms with Crippen LogP contribution < -0.4 is 4.90 Å². The molecule has 3 rings (SSSR count). The fourth-order valence-corrected chi connectivity index (χ4v) is 6.19. The van der Waals surface area contributed by atoms with Gasteiger partial charge in [-0.1, -0.05) is 62.4 Å². The second-order valence-corrected chi connectivity index (χ2v) is 11.0. The summed E-state index contributed by atoms with van der Waals surface area (Å²) in [5.41, 5.74) is 2.12. The van der Waals surface area contributed by atoms with Crippen molar-refractivity contribution < 1.29 is 13.2 Å². The van der Waals surface area contributed by atoms with Crippen LogP contribution in [0.25, 0.3) is 10.2 Å². The first kappa shape index (κ1) is 25.3. The summed E-state index contributed by atoms with van der Waals surface area (Å²) >= 11 is 1.52. The molecular formula is C25H33N3O3S2. The van der Waals surface area contributed by atoms with Crippen molar-refractivity contribution in [2.45, 2.75) is 44.9 Å². The summed E-state index contributed by atoms with van der Waals surface area (Å²) in [6.45, 7) is 9.42. The van der Waals surface area contributed by atoms with Gasteiger partial charge >= 0.3 is 0 Å². The molecule has 0 N–H and O–H groups in total. The summed E-state index contributed by atoms with van der Waals surface area (Å²) in [4.78, 5) is 22.4. The number of fused-ring (bicyclic) bond motifs is 1. The van der Waals surface area contributed by atoms with Crippen LogP contribution in [-0.2, 0) is 21.1 Å². The number of carbonyl (C=O) groups is 1.